The maximum absolute atomic E-state index is 12.5. The van der Waals surface area contributed by atoms with Crippen LogP contribution in [0.2, 0.25) is 0 Å². The Morgan fingerprint density at radius 1 is 1.04 bits per heavy atom. The van der Waals surface area contributed by atoms with Gasteiger partial charge in [-0.05, 0) is 24.6 Å². The number of likely N-dealkylation sites (N-methyl/N-ethyl adjacent to an activating group) is 1. The Morgan fingerprint density at radius 2 is 1.69 bits per heavy atom. The highest BCUT2D eigenvalue weighted by Crippen LogP contribution is 2.27. The predicted molar refractivity (Wildman–Crippen MR) is 104 cm³/mol. The van der Waals surface area contributed by atoms with Gasteiger partial charge in [0.1, 0.15) is 5.75 Å². The normalized spacial score (nSPS) is 15.1. The molecule has 0 saturated carbocycles. The van der Waals surface area contributed by atoms with Crippen molar-refractivity contribution in [1.82, 2.24) is 9.80 Å². The molecule has 5 nitrogen and oxygen atoms in total. The topological polar surface area (TPSA) is 47.0 Å². The monoisotopic (exact) mass is 353 g/mol. The Bertz CT molecular complexity index is 737. The number of para-hydroxylation sites is 2. The number of carbonyl (C=O) groups is 1. The quantitative estimate of drug-likeness (QED) is 0.897. The molecule has 0 unspecified atom stereocenters. The van der Waals surface area contributed by atoms with Gasteiger partial charge >= 0.3 is 0 Å². The number of nitrogens with zero attached hydrogens (tertiary/aromatic N) is 3. The van der Waals surface area contributed by atoms with Gasteiger partial charge in [-0.1, -0.05) is 42.0 Å². The lowest BCUT2D eigenvalue weighted by atomic mass is 10.1. The summed E-state index contributed by atoms with van der Waals surface area (Å²) in [6.07, 6.45) is 0. The van der Waals surface area contributed by atoms with Gasteiger partial charge in [0.2, 0.25) is 5.91 Å². The van der Waals surface area contributed by atoms with E-state index in [1.807, 2.05) is 25.2 Å². The lowest BCUT2D eigenvalue weighted by Crippen LogP contribution is -2.49. The van der Waals surface area contributed by atoms with E-state index in [4.69, 9.17) is 0 Å². The van der Waals surface area contributed by atoms with Crippen LogP contribution in [-0.2, 0) is 11.3 Å². The molecular formula is C21H27N3O2. The van der Waals surface area contributed by atoms with Crippen LogP contribution in [0.15, 0.2) is 48.5 Å². The first-order valence-electron chi connectivity index (χ1n) is 9.08. The molecule has 1 amide bonds. The minimum atomic E-state index is 0.140. The zero-order chi connectivity index (χ0) is 18.5. The van der Waals surface area contributed by atoms with Crippen molar-refractivity contribution in [2.75, 3.05) is 44.7 Å². The molecule has 0 aliphatic carbocycles. The second-order valence-electron chi connectivity index (χ2n) is 6.99. The van der Waals surface area contributed by atoms with Gasteiger partial charge in [-0.2, -0.15) is 0 Å². The zero-order valence-electron chi connectivity index (χ0n) is 15.6. The number of aryl methyl sites for hydroxylation is 1. The average molecular weight is 353 g/mol. The Balaban J connectivity index is 1.48. The summed E-state index contributed by atoms with van der Waals surface area (Å²) in [4.78, 5) is 18.7. The van der Waals surface area contributed by atoms with E-state index < -0.39 is 0 Å². The number of hydrogen-bond acceptors (Lipinski definition) is 4. The summed E-state index contributed by atoms with van der Waals surface area (Å²) in [6.45, 7) is 6.40. The molecule has 1 fully saturated rings. The molecule has 1 heterocycles. The predicted octanol–water partition coefficient (Wildman–Crippen LogP) is 2.48. The molecule has 1 saturated heterocycles. The van der Waals surface area contributed by atoms with E-state index in [0.717, 1.165) is 37.4 Å². The van der Waals surface area contributed by atoms with E-state index in [1.165, 1.54) is 5.56 Å². The van der Waals surface area contributed by atoms with E-state index in [-0.39, 0.29) is 5.91 Å². The van der Waals surface area contributed by atoms with Crippen molar-refractivity contribution < 1.29 is 9.90 Å². The summed E-state index contributed by atoms with van der Waals surface area (Å²) in [5.74, 6) is 0.455. The minimum Gasteiger partial charge on any atom is -0.506 e. The second kappa shape index (κ2) is 8.23. The maximum atomic E-state index is 12.5. The molecule has 0 bridgehead atoms. The smallest absolute Gasteiger partial charge is 0.236 e. The van der Waals surface area contributed by atoms with Crippen molar-refractivity contribution in [3.63, 3.8) is 0 Å². The summed E-state index contributed by atoms with van der Waals surface area (Å²) >= 11 is 0. The number of hydrogen-bond donors (Lipinski definition) is 1. The fraction of sp³-hybridized carbons (Fsp3) is 0.381. The third kappa shape index (κ3) is 4.55. The number of benzene rings is 2. The number of aromatic hydroxyl groups is 1. The highest BCUT2D eigenvalue weighted by atomic mass is 16.3. The first-order valence-corrected chi connectivity index (χ1v) is 9.08. The van der Waals surface area contributed by atoms with Crippen molar-refractivity contribution >= 4 is 11.6 Å². The Labute approximate surface area is 155 Å². The van der Waals surface area contributed by atoms with Gasteiger partial charge in [-0.25, -0.2) is 0 Å². The van der Waals surface area contributed by atoms with Gasteiger partial charge in [0.15, 0.2) is 0 Å². The maximum Gasteiger partial charge on any atom is 0.236 e. The number of carbonyl (C=O) groups excluding carboxylic acids is 1. The number of anilines is 1. The minimum absolute atomic E-state index is 0.140. The van der Waals surface area contributed by atoms with Gasteiger partial charge < -0.3 is 14.9 Å². The summed E-state index contributed by atoms with van der Waals surface area (Å²) < 4.78 is 0. The second-order valence-corrected chi connectivity index (χ2v) is 6.99. The van der Waals surface area contributed by atoms with E-state index >= 15 is 0 Å². The van der Waals surface area contributed by atoms with E-state index in [2.05, 4.69) is 41.0 Å². The molecular weight excluding hydrogens is 326 g/mol. The van der Waals surface area contributed by atoms with Gasteiger partial charge in [-0.3, -0.25) is 9.69 Å². The molecule has 1 N–H and O–H groups in total. The van der Waals surface area contributed by atoms with Gasteiger partial charge in [0.05, 0.1) is 12.2 Å². The molecule has 1 aliphatic heterocycles. The number of rotatable bonds is 5. The number of piperazine rings is 1. The lowest BCUT2D eigenvalue weighted by Gasteiger charge is -2.36. The van der Waals surface area contributed by atoms with Crippen molar-refractivity contribution in [3.8, 4) is 5.75 Å². The molecule has 26 heavy (non-hydrogen) atoms. The van der Waals surface area contributed by atoms with Crippen molar-refractivity contribution in [2.45, 2.75) is 13.5 Å². The third-order valence-corrected chi connectivity index (χ3v) is 4.92. The van der Waals surface area contributed by atoms with E-state index in [0.29, 0.717) is 18.8 Å². The van der Waals surface area contributed by atoms with Crippen LogP contribution in [-0.4, -0.2) is 60.6 Å². The molecule has 0 aromatic heterocycles. The Kier molecular flexibility index (Phi) is 5.78. The SMILES string of the molecule is Cc1ccc(CN(C)C(=O)CN2CCN(c3ccccc3O)CC2)cc1. The Morgan fingerprint density at radius 3 is 2.35 bits per heavy atom. The largest absolute Gasteiger partial charge is 0.506 e. The number of phenols is 1. The van der Waals surface area contributed by atoms with Crippen LogP contribution in [0, 0.1) is 6.92 Å². The standard InChI is InChI=1S/C21H27N3O2/c1-17-7-9-18(10-8-17)15-22(2)21(26)16-23-11-13-24(14-12-23)19-5-3-4-6-20(19)25/h3-10,25H,11-16H2,1-2H3. The van der Waals surface area contributed by atoms with Crippen LogP contribution in [0.3, 0.4) is 0 Å². The van der Waals surface area contributed by atoms with E-state index in [1.54, 1.807) is 11.0 Å². The van der Waals surface area contributed by atoms with Crippen molar-refractivity contribution in [3.05, 3.63) is 59.7 Å². The zero-order valence-corrected chi connectivity index (χ0v) is 15.6. The highest BCUT2D eigenvalue weighted by Gasteiger charge is 2.21. The average Bonchev–Trinajstić information content (AvgIpc) is 2.65. The summed E-state index contributed by atoms with van der Waals surface area (Å²) in [7, 11) is 1.86. The van der Waals surface area contributed by atoms with Crippen LogP contribution in [0.4, 0.5) is 5.69 Å². The third-order valence-electron chi connectivity index (χ3n) is 4.92. The summed E-state index contributed by atoms with van der Waals surface area (Å²) in [6, 6.07) is 15.7. The summed E-state index contributed by atoms with van der Waals surface area (Å²) in [5, 5.41) is 9.99. The van der Waals surface area contributed by atoms with Gasteiger partial charge in [0.25, 0.3) is 0 Å². The van der Waals surface area contributed by atoms with Crippen LogP contribution in [0.1, 0.15) is 11.1 Å². The molecule has 3 rings (SSSR count). The molecule has 0 atom stereocenters. The van der Waals surface area contributed by atoms with Crippen molar-refractivity contribution in [1.29, 1.82) is 0 Å². The number of phenolic OH excluding ortho intramolecular Hbond substituents is 1. The molecule has 0 spiro atoms. The van der Waals surface area contributed by atoms with E-state index in [9.17, 15) is 9.90 Å². The fourth-order valence-corrected chi connectivity index (χ4v) is 3.25. The van der Waals surface area contributed by atoms with Crippen molar-refractivity contribution in [2.24, 2.45) is 0 Å². The molecule has 1 aliphatic rings. The van der Waals surface area contributed by atoms with Gasteiger partial charge in [0, 0.05) is 39.8 Å². The van der Waals surface area contributed by atoms with Crippen LogP contribution < -0.4 is 4.90 Å². The van der Waals surface area contributed by atoms with Gasteiger partial charge in [-0.15, -0.1) is 0 Å². The molecule has 0 radical (unpaired) electrons. The molecule has 5 heteroatoms. The molecule has 2 aromatic carbocycles. The van der Waals surface area contributed by atoms with Crippen LogP contribution >= 0.6 is 0 Å². The first kappa shape index (κ1) is 18.3. The number of amides is 1. The van der Waals surface area contributed by atoms with Crippen LogP contribution in [0.5, 0.6) is 5.75 Å². The highest BCUT2D eigenvalue weighted by molar-refractivity contribution is 5.78. The lowest BCUT2D eigenvalue weighted by molar-refractivity contribution is -0.131. The Hall–Kier alpha value is -2.53. The fourth-order valence-electron chi connectivity index (χ4n) is 3.25. The molecule has 2 aromatic rings. The van der Waals surface area contributed by atoms with Crippen LogP contribution in [0.25, 0.3) is 0 Å². The summed E-state index contributed by atoms with van der Waals surface area (Å²) in [5.41, 5.74) is 3.25. The molecule has 138 valence electrons. The first-order chi connectivity index (χ1) is 12.5.